The van der Waals surface area contributed by atoms with Crippen molar-refractivity contribution in [1.82, 2.24) is 4.98 Å². The highest BCUT2D eigenvalue weighted by molar-refractivity contribution is 6.36. The molecule has 4 rings (SSSR count). The molecule has 0 bridgehead atoms. The Morgan fingerprint density at radius 3 is 2.55 bits per heavy atom. The van der Waals surface area contributed by atoms with E-state index in [1.165, 1.54) is 11.8 Å². The van der Waals surface area contributed by atoms with Crippen LogP contribution in [0.15, 0.2) is 54.7 Å². The van der Waals surface area contributed by atoms with Crippen LogP contribution in [-0.4, -0.2) is 16.8 Å². The number of carbonyl (C=O) groups is 2. The maximum Gasteiger partial charge on any atom is 0.229 e. The molecule has 2 aromatic carbocycles. The van der Waals surface area contributed by atoms with Gasteiger partial charge < -0.3 is 10.1 Å². The molecule has 0 atom stereocenters. The molecule has 3 aromatic rings. The minimum atomic E-state index is -0.281. The third kappa shape index (κ3) is 4.71. The van der Waals surface area contributed by atoms with Gasteiger partial charge >= 0.3 is 0 Å². The summed E-state index contributed by atoms with van der Waals surface area (Å²) in [5, 5.41) is 3.68. The zero-order chi connectivity index (χ0) is 22.0. The fourth-order valence-corrected chi connectivity index (χ4v) is 3.99. The molecule has 0 aliphatic carbocycles. The Hall–Kier alpha value is -2.93. The van der Waals surface area contributed by atoms with Crippen molar-refractivity contribution < 1.29 is 14.3 Å². The first-order valence-corrected chi connectivity index (χ1v) is 10.4. The van der Waals surface area contributed by atoms with E-state index in [9.17, 15) is 9.59 Å². The van der Waals surface area contributed by atoms with Crippen LogP contribution >= 0.6 is 23.2 Å². The number of hydrogen-bond donors (Lipinski definition) is 1. The number of amides is 2. The summed E-state index contributed by atoms with van der Waals surface area (Å²) in [6.45, 7) is 2.56. The maximum atomic E-state index is 12.6. The second-order valence-corrected chi connectivity index (χ2v) is 7.94. The van der Waals surface area contributed by atoms with E-state index in [0.717, 1.165) is 11.1 Å². The molecule has 2 amide bonds. The lowest BCUT2D eigenvalue weighted by Gasteiger charge is -2.21. The number of aromatic nitrogens is 1. The summed E-state index contributed by atoms with van der Waals surface area (Å²) in [4.78, 5) is 30.8. The predicted molar refractivity (Wildman–Crippen MR) is 121 cm³/mol. The van der Waals surface area contributed by atoms with E-state index in [1.54, 1.807) is 36.5 Å². The number of carbonyl (C=O) groups excluding carboxylic acids is 2. The van der Waals surface area contributed by atoms with Gasteiger partial charge in [-0.2, -0.15) is 0 Å². The number of benzene rings is 2. The van der Waals surface area contributed by atoms with Gasteiger partial charge in [0, 0.05) is 34.9 Å². The SMILES string of the molecule is CC(=O)N(c1ccc2c(c1)COC2)c1cc(NC(=O)Cc2c(Cl)cccc2Cl)ccn1. The molecule has 1 N–H and O–H groups in total. The van der Waals surface area contributed by atoms with Crippen molar-refractivity contribution in [3.8, 4) is 0 Å². The third-order valence-electron chi connectivity index (χ3n) is 4.94. The first-order valence-electron chi connectivity index (χ1n) is 9.61. The fourth-order valence-electron chi connectivity index (χ4n) is 3.46. The van der Waals surface area contributed by atoms with Gasteiger partial charge in [-0.15, -0.1) is 0 Å². The Morgan fingerprint density at radius 1 is 1.06 bits per heavy atom. The Labute approximate surface area is 189 Å². The molecule has 0 fully saturated rings. The van der Waals surface area contributed by atoms with Gasteiger partial charge in [0.2, 0.25) is 11.8 Å². The number of fused-ring (bicyclic) bond motifs is 1. The largest absolute Gasteiger partial charge is 0.372 e. The van der Waals surface area contributed by atoms with Crippen LogP contribution in [-0.2, 0) is 34.0 Å². The molecular formula is C23H19Cl2N3O3. The zero-order valence-corrected chi connectivity index (χ0v) is 18.2. The number of rotatable bonds is 5. The van der Waals surface area contributed by atoms with Gasteiger partial charge in [-0.25, -0.2) is 4.98 Å². The van der Waals surface area contributed by atoms with Gasteiger partial charge in [0.1, 0.15) is 5.82 Å². The van der Waals surface area contributed by atoms with Crippen LogP contribution in [0.4, 0.5) is 17.2 Å². The monoisotopic (exact) mass is 455 g/mol. The van der Waals surface area contributed by atoms with E-state index < -0.39 is 0 Å². The van der Waals surface area contributed by atoms with Gasteiger partial charge in [0.15, 0.2) is 0 Å². The van der Waals surface area contributed by atoms with Gasteiger partial charge in [-0.3, -0.25) is 14.5 Å². The highest BCUT2D eigenvalue weighted by atomic mass is 35.5. The van der Waals surface area contributed by atoms with Gasteiger partial charge in [0.05, 0.1) is 25.3 Å². The summed E-state index contributed by atoms with van der Waals surface area (Å²) in [7, 11) is 0. The van der Waals surface area contributed by atoms with Crippen LogP contribution in [0.2, 0.25) is 10.0 Å². The first-order chi connectivity index (χ1) is 14.9. The average Bonchev–Trinajstić information content (AvgIpc) is 3.19. The zero-order valence-electron chi connectivity index (χ0n) is 16.7. The van der Waals surface area contributed by atoms with Gasteiger partial charge in [-0.05, 0) is 47.0 Å². The van der Waals surface area contributed by atoms with Gasteiger partial charge in [-0.1, -0.05) is 35.3 Å². The minimum Gasteiger partial charge on any atom is -0.372 e. The highest BCUT2D eigenvalue weighted by Gasteiger charge is 2.20. The van der Waals surface area contributed by atoms with E-state index in [1.807, 2.05) is 18.2 Å². The Bertz CT molecular complexity index is 1150. The van der Waals surface area contributed by atoms with E-state index in [4.69, 9.17) is 27.9 Å². The summed E-state index contributed by atoms with van der Waals surface area (Å²) in [6, 6.07) is 14.1. The summed E-state index contributed by atoms with van der Waals surface area (Å²) >= 11 is 12.3. The number of ether oxygens (including phenoxy) is 1. The van der Waals surface area contributed by atoms with Crippen molar-refractivity contribution in [2.75, 3.05) is 10.2 Å². The molecular weight excluding hydrogens is 437 g/mol. The van der Waals surface area contributed by atoms with Gasteiger partial charge in [0.25, 0.3) is 0 Å². The average molecular weight is 456 g/mol. The number of halogens is 2. The molecule has 6 nitrogen and oxygen atoms in total. The number of pyridine rings is 1. The molecule has 1 aliphatic heterocycles. The Morgan fingerprint density at radius 2 is 1.81 bits per heavy atom. The van der Waals surface area contributed by atoms with E-state index in [-0.39, 0.29) is 18.2 Å². The van der Waals surface area contributed by atoms with Crippen LogP contribution in [0.1, 0.15) is 23.6 Å². The smallest absolute Gasteiger partial charge is 0.229 e. The fraction of sp³-hybridized carbons (Fsp3) is 0.174. The Kier molecular flexibility index (Phi) is 6.23. The topological polar surface area (TPSA) is 71.5 Å². The van der Waals surface area contributed by atoms with Crippen molar-refractivity contribution in [3.05, 3.63) is 81.5 Å². The Balaban J connectivity index is 1.56. The second-order valence-electron chi connectivity index (χ2n) is 7.13. The highest BCUT2D eigenvalue weighted by Crippen LogP contribution is 2.31. The van der Waals surface area contributed by atoms with E-state index >= 15 is 0 Å². The molecule has 31 heavy (non-hydrogen) atoms. The molecule has 0 saturated carbocycles. The standard InChI is InChI=1S/C23H19Cl2N3O3/c1-14(29)28(18-6-5-15-12-31-13-16(15)9-18)22-10-17(7-8-26-22)27-23(30)11-19-20(24)3-2-4-21(19)25/h2-10H,11-13H2,1H3,(H,26,27,30). The maximum absolute atomic E-state index is 12.6. The molecule has 0 unspecified atom stereocenters. The van der Waals surface area contributed by atoms with Crippen LogP contribution in [0, 0.1) is 0 Å². The summed E-state index contributed by atoms with van der Waals surface area (Å²) in [6.07, 6.45) is 1.57. The molecule has 1 aliphatic rings. The molecule has 2 heterocycles. The van der Waals surface area contributed by atoms with Crippen molar-refractivity contribution in [2.45, 2.75) is 26.6 Å². The van der Waals surface area contributed by atoms with Crippen molar-refractivity contribution in [3.63, 3.8) is 0 Å². The quantitative estimate of drug-likeness (QED) is 0.567. The molecule has 1 aromatic heterocycles. The normalized spacial score (nSPS) is 12.4. The molecule has 8 heteroatoms. The van der Waals surface area contributed by atoms with Crippen molar-refractivity contribution >= 4 is 52.2 Å². The first kappa shape index (κ1) is 21.3. The number of anilines is 3. The molecule has 158 valence electrons. The van der Waals surface area contributed by atoms with Crippen LogP contribution in [0.3, 0.4) is 0 Å². The van der Waals surface area contributed by atoms with Crippen LogP contribution < -0.4 is 10.2 Å². The summed E-state index contributed by atoms with van der Waals surface area (Å²) in [5.74, 6) is -0.0752. The third-order valence-corrected chi connectivity index (χ3v) is 5.64. The number of nitrogens with zero attached hydrogens (tertiary/aromatic N) is 2. The summed E-state index contributed by atoms with van der Waals surface area (Å²) in [5.41, 5.74) is 3.91. The number of nitrogens with one attached hydrogen (secondary N) is 1. The summed E-state index contributed by atoms with van der Waals surface area (Å²) < 4.78 is 5.46. The lowest BCUT2D eigenvalue weighted by Crippen LogP contribution is -2.24. The minimum absolute atomic E-state index is 0.0252. The number of hydrogen-bond acceptors (Lipinski definition) is 4. The molecule has 0 spiro atoms. The van der Waals surface area contributed by atoms with Crippen LogP contribution in [0.25, 0.3) is 0 Å². The molecule has 0 radical (unpaired) electrons. The predicted octanol–water partition coefficient (Wildman–Crippen LogP) is 5.28. The molecule has 0 saturated heterocycles. The lowest BCUT2D eigenvalue weighted by atomic mass is 10.1. The lowest BCUT2D eigenvalue weighted by molar-refractivity contribution is -0.116. The van der Waals surface area contributed by atoms with E-state index in [0.29, 0.717) is 46.0 Å². The van der Waals surface area contributed by atoms with Crippen LogP contribution in [0.5, 0.6) is 0 Å². The second kappa shape index (κ2) is 9.06. The van der Waals surface area contributed by atoms with Crippen molar-refractivity contribution in [2.24, 2.45) is 0 Å². The van der Waals surface area contributed by atoms with E-state index in [2.05, 4.69) is 10.3 Å². The van der Waals surface area contributed by atoms with Crippen molar-refractivity contribution in [1.29, 1.82) is 0 Å².